The Balaban J connectivity index is 1.99. The van der Waals surface area contributed by atoms with Crippen molar-refractivity contribution in [3.05, 3.63) is 42.9 Å². The molecule has 1 aliphatic carbocycles. The highest BCUT2D eigenvalue weighted by Crippen LogP contribution is 2.31. The first-order valence-corrected chi connectivity index (χ1v) is 6.51. The molecule has 1 N–H and O–H groups in total. The number of pyridine rings is 1. The van der Waals surface area contributed by atoms with Crippen LogP contribution in [-0.4, -0.2) is 14.5 Å². The molecule has 0 saturated heterocycles. The van der Waals surface area contributed by atoms with Crippen molar-refractivity contribution in [2.75, 3.05) is 0 Å². The zero-order chi connectivity index (χ0) is 11.9. The lowest BCUT2D eigenvalue weighted by Gasteiger charge is -2.21. The highest BCUT2D eigenvalue weighted by atomic mass is 15.0. The first-order chi connectivity index (χ1) is 8.93. The van der Waals surface area contributed by atoms with E-state index in [-0.39, 0.29) is 0 Å². The van der Waals surface area contributed by atoms with E-state index in [1.54, 1.807) is 0 Å². The molecule has 0 radical (unpaired) electrons. The molecular weight excluding hydrogens is 222 g/mol. The number of nitrogens with zero attached hydrogens (tertiary/aromatic N) is 2. The van der Waals surface area contributed by atoms with Gasteiger partial charge >= 0.3 is 0 Å². The fourth-order valence-corrected chi connectivity index (χ4v) is 2.99. The van der Waals surface area contributed by atoms with E-state index >= 15 is 0 Å². The van der Waals surface area contributed by atoms with Gasteiger partial charge in [0.05, 0.1) is 5.52 Å². The molecule has 0 bridgehead atoms. The van der Waals surface area contributed by atoms with E-state index in [4.69, 9.17) is 0 Å². The Hall–Kier alpha value is -2.03. The second-order valence-electron chi connectivity index (χ2n) is 4.96. The van der Waals surface area contributed by atoms with Crippen molar-refractivity contribution in [1.82, 2.24) is 14.5 Å². The maximum atomic E-state index is 4.44. The second-order valence-corrected chi connectivity index (χ2v) is 4.96. The van der Waals surface area contributed by atoms with Crippen LogP contribution in [0, 0.1) is 0 Å². The normalized spacial score (nSPS) is 19.9. The molecule has 3 nitrogen and oxygen atoms in total. The number of allylic oxidation sites excluding steroid dienone is 2. The number of fused-ring (bicyclic) bond motifs is 3. The summed E-state index contributed by atoms with van der Waals surface area (Å²) in [5, 5.41) is 2.46. The standard InChI is InChI=1S/C15H15N3/c1-2-4-12(5-3-1)18-9-7-11-10-17-15-13(14(11)18)6-8-16-15/h1-2,6-10,12H,3-5H2,(H,16,17). The van der Waals surface area contributed by atoms with Gasteiger partial charge in [0.1, 0.15) is 5.65 Å². The van der Waals surface area contributed by atoms with E-state index in [9.17, 15) is 0 Å². The van der Waals surface area contributed by atoms with Gasteiger partial charge in [-0.05, 0) is 31.4 Å². The lowest BCUT2D eigenvalue weighted by Crippen LogP contribution is -2.09. The van der Waals surface area contributed by atoms with Gasteiger partial charge in [0.25, 0.3) is 0 Å². The van der Waals surface area contributed by atoms with E-state index in [1.165, 1.54) is 29.1 Å². The zero-order valence-corrected chi connectivity index (χ0v) is 10.1. The third-order valence-corrected chi connectivity index (χ3v) is 3.89. The van der Waals surface area contributed by atoms with E-state index < -0.39 is 0 Å². The zero-order valence-electron chi connectivity index (χ0n) is 10.1. The van der Waals surface area contributed by atoms with Gasteiger partial charge in [-0.25, -0.2) is 4.98 Å². The van der Waals surface area contributed by atoms with Crippen LogP contribution in [0.5, 0.6) is 0 Å². The Bertz CT molecular complexity index is 732. The lowest BCUT2D eigenvalue weighted by molar-refractivity contribution is 0.475. The Morgan fingerprint density at radius 3 is 3.17 bits per heavy atom. The third kappa shape index (κ3) is 1.33. The maximum absolute atomic E-state index is 4.44. The molecule has 3 aromatic heterocycles. The molecule has 4 rings (SSSR count). The average molecular weight is 237 g/mol. The summed E-state index contributed by atoms with van der Waals surface area (Å²) in [5.41, 5.74) is 2.30. The minimum Gasteiger partial charge on any atom is -0.346 e. The summed E-state index contributed by atoms with van der Waals surface area (Å²) in [7, 11) is 0. The van der Waals surface area contributed by atoms with Gasteiger partial charge in [0.15, 0.2) is 0 Å². The van der Waals surface area contributed by atoms with E-state index in [0.717, 1.165) is 12.1 Å². The Morgan fingerprint density at radius 2 is 2.28 bits per heavy atom. The molecule has 1 unspecified atom stereocenters. The van der Waals surface area contributed by atoms with E-state index in [0.29, 0.717) is 6.04 Å². The van der Waals surface area contributed by atoms with Crippen molar-refractivity contribution >= 4 is 21.9 Å². The second kappa shape index (κ2) is 3.73. The molecule has 90 valence electrons. The van der Waals surface area contributed by atoms with Gasteiger partial charge < -0.3 is 9.55 Å². The van der Waals surface area contributed by atoms with Crippen LogP contribution in [0.2, 0.25) is 0 Å². The highest BCUT2D eigenvalue weighted by molar-refractivity contribution is 6.02. The predicted octanol–water partition coefficient (Wildman–Crippen LogP) is 3.80. The Morgan fingerprint density at radius 1 is 1.28 bits per heavy atom. The number of hydrogen-bond acceptors (Lipinski definition) is 1. The molecule has 0 aliphatic heterocycles. The summed E-state index contributed by atoms with van der Waals surface area (Å²) in [5.74, 6) is 0. The van der Waals surface area contributed by atoms with Crippen LogP contribution in [0.25, 0.3) is 21.9 Å². The predicted molar refractivity (Wildman–Crippen MR) is 73.6 cm³/mol. The summed E-state index contributed by atoms with van der Waals surface area (Å²) >= 11 is 0. The van der Waals surface area contributed by atoms with Crippen LogP contribution in [0.3, 0.4) is 0 Å². The summed E-state index contributed by atoms with van der Waals surface area (Å²) in [4.78, 5) is 7.64. The van der Waals surface area contributed by atoms with Crippen LogP contribution in [-0.2, 0) is 0 Å². The summed E-state index contributed by atoms with van der Waals surface area (Å²) < 4.78 is 2.43. The fraction of sp³-hybridized carbons (Fsp3) is 0.267. The minimum absolute atomic E-state index is 0.591. The van der Waals surface area contributed by atoms with Crippen molar-refractivity contribution in [2.24, 2.45) is 0 Å². The molecule has 0 spiro atoms. The Labute approximate surface area is 105 Å². The monoisotopic (exact) mass is 237 g/mol. The number of aromatic nitrogens is 3. The largest absolute Gasteiger partial charge is 0.346 e. The lowest BCUT2D eigenvalue weighted by atomic mass is 10.0. The van der Waals surface area contributed by atoms with E-state index in [2.05, 4.69) is 45.0 Å². The van der Waals surface area contributed by atoms with Crippen molar-refractivity contribution < 1.29 is 0 Å². The van der Waals surface area contributed by atoms with E-state index in [1.807, 2.05) is 12.4 Å². The van der Waals surface area contributed by atoms with Gasteiger partial charge in [-0.3, -0.25) is 0 Å². The third-order valence-electron chi connectivity index (χ3n) is 3.89. The fourth-order valence-electron chi connectivity index (χ4n) is 2.99. The summed E-state index contributed by atoms with van der Waals surface area (Å²) in [6.07, 6.45) is 14.3. The SMILES string of the molecule is C1=CCC(n2ccc3cnc4[nH]ccc4c32)CC1. The van der Waals surface area contributed by atoms with Crippen LogP contribution in [0.4, 0.5) is 0 Å². The molecular formula is C15H15N3. The van der Waals surface area contributed by atoms with Crippen LogP contribution in [0.15, 0.2) is 42.9 Å². The number of hydrogen-bond donors (Lipinski definition) is 1. The van der Waals surface area contributed by atoms with Gasteiger partial charge in [0.2, 0.25) is 0 Å². The highest BCUT2D eigenvalue weighted by Gasteiger charge is 2.16. The van der Waals surface area contributed by atoms with Gasteiger partial charge in [-0.15, -0.1) is 0 Å². The molecule has 0 saturated carbocycles. The molecule has 3 aromatic rings. The summed E-state index contributed by atoms with van der Waals surface area (Å²) in [6, 6.07) is 4.89. The smallest absolute Gasteiger partial charge is 0.139 e. The van der Waals surface area contributed by atoms with Gasteiger partial charge in [0, 0.05) is 35.4 Å². The topological polar surface area (TPSA) is 33.6 Å². The van der Waals surface area contributed by atoms with Crippen molar-refractivity contribution in [3.63, 3.8) is 0 Å². The number of aromatic amines is 1. The maximum Gasteiger partial charge on any atom is 0.139 e. The quantitative estimate of drug-likeness (QED) is 0.642. The number of H-pyrrole nitrogens is 1. The van der Waals surface area contributed by atoms with Crippen LogP contribution >= 0.6 is 0 Å². The van der Waals surface area contributed by atoms with Gasteiger partial charge in [-0.2, -0.15) is 0 Å². The van der Waals surface area contributed by atoms with Crippen molar-refractivity contribution in [3.8, 4) is 0 Å². The first-order valence-electron chi connectivity index (χ1n) is 6.51. The minimum atomic E-state index is 0.591. The molecule has 1 atom stereocenters. The average Bonchev–Trinajstić information content (AvgIpc) is 3.05. The molecule has 3 heteroatoms. The number of nitrogens with one attached hydrogen (secondary N) is 1. The van der Waals surface area contributed by atoms with Crippen LogP contribution in [0.1, 0.15) is 25.3 Å². The van der Waals surface area contributed by atoms with Crippen molar-refractivity contribution in [1.29, 1.82) is 0 Å². The molecule has 3 heterocycles. The summed E-state index contributed by atoms with van der Waals surface area (Å²) in [6.45, 7) is 0. The molecule has 0 amide bonds. The molecule has 0 fully saturated rings. The molecule has 0 aromatic carbocycles. The number of rotatable bonds is 1. The van der Waals surface area contributed by atoms with Crippen LogP contribution < -0.4 is 0 Å². The Kier molecular flexibility index (Phi) is 2.06. The molecule has 18 heavy (non-hydrogen) atoms. The van der Waals surface area contributed by atoms with Crippen molar-refractivity contribution in [2.45, 2.75) is 25.3 Å². The first kappa shape index (κ1) is 9.95. The molecule has 1 aliphatic rings. The van der Waals surface area contributed by atoms with Gasteiger partial charge in [-0.1, -0.05) is 12.2 Å².